The van der Waals surface area contributed by atoms with Crippen LogP contribution in [0, 0.1) is 18.3 Å². The standard InChI is InChI=1S/C17H13F4NO4S/c1-8-4-9(7-22)6-10(5-8)26-11-2-3-12-14(13(11)16(18)19)15(23)17(20,21)27(12,24)25/h2-6,15-16,23-25H,1H3/t15-/m1/s1. The smallest absolute Gasteiger partial charge is 0.371 e. The zero-order valence-corrected chi connectivity index (χ0v) is 14.5. The second kappa shape index (κ2) is 6.38. The third-order valence-electron chi connectivity index (χ3n) is 4.11. The molecule has 0 spiro atoms. The number of hydrogen-bond acceptors (Lipinski definition) is 5. The van der Waals surface area contributed by atoms with Crippen molar-refractivity contribution in [2.45, 2.75) is 29.6 Å². The fourth-order valence-corrected chi connectivity index (χ4v) is 4.42. The van der Waals surface area contributed by atoms with Gasteiger partial charge in [-0.2, -0.15) is 14.0 Å². The Labute approximate surface area is 152 Å². The second-order valence-corrected chi connectivity index (χ2v) is 8.03. The highest BCUT2D eigenvalue weighted by Crippen LogP contribution is 2.73. The van der Waals surface area contributed by atoms with Crippen LogP contribution in [0.25, 0.3) is 0 Å². The largest absolute Gasteiger partial charge is 0.457 e. The molecule has 10 heteroatoms. The lowest BCUT2D eigenvalue weighted by Gasteiger charge is -2.34. The first kappa shape index (κ1) is 19.4. The second-order valence-electron chi connectivity index (χ2n) is 5.95. The molecule has 1 aliphatic heterocycles. The maximum Gasteiger partial charge on any atom is 0.371 e. The van der Waals surface area contributed by atoms with Crippen molar-refractivity contribution in [3.05, 3.63) is 52.6 Å². The molecule has 1 aliphatic rings. The van der Waals surface area contributed by atoms with Crippen LogP contribution in [0.5, 0.6) is 11.5 Å². The molecule has 0 aliphatic carbocycles. The van der Waals surface area contributed by atoms with E-state index in [-0.39, 0.29) is 11.3 Å². The van der Waals surface area contributed by atoms with Crippen LogP contribution in [0.1, 0.15) is 34.8 Å². The molecule has 0 unspecified atom stereocenters. The summed E-state index contributed by atoms with van der Waals surface area (Å²) in [6.07, 6.45) is -6.16. The highest BCUT2D eigenvalue weighted by Gasteiger charge is 2.61. The molecule has 3 N–H and O–H groups in total. The van der Waals surface area contributed by atoms with Gasteiger partial charge in [0.25, 0.3) is 6.43 Å². The van der Waals surface area contributed by atoms with Gasteiger partial charge in [-0.15, -0.1) is 10.6 Å². The van der Waals surface area contributed by atoms with Gasteiger partial charge in [0, 0.05) is 5.56 Å². The van der Waals surface area contributed by atoms with Crippen LogP contribution < -0.4 is 4.74 Å². The quantitative estimate of drug-likeness (QED) is 0.601. The molecule has 2 aromatic carbocycles. The molecular weight excluding hydrogens is 390 g/mol. The number of aliphatic hydroxyl groups is 1. The predicted octanol–water partition coefficient (Wildman–Crippen LogP) is 5.35. The number of nitriles is 1. The predicted molar refractivity (Wildman–Crippen MR) is 88.4 cm³/mol. The number of aliphatic hydroxyl groups excluding tert-OH is 1. The van der Waals surface area contributed by atoms with Crippen molar-refractivity contribution in [1.82, 2.24) is 0 Å². The minimum Gasteiger partial charge on any atom is -0.457 e. The van der Waals surface area contributed by atoms with E-state index in [0.29, 0.717) is 5.56 Å². The molecule has 0 amide bonds. The Morgan fingerprint density at radius 2 is 1.89 bits per heavy atom. The fourth-order valence-electron chi connectivity index (χ4n) is 2.91. The summed E-state index contributed by atoms with van der Waals surface area (Å²) in [4.78, 5) is -0.843. The fraction of sp³-hybridized carbons (Fsp3) is 0.235. The average molecular weight is 403 g/mol. The average Bonchev–Trinajstić information content (AvgIpc) is 2.71. The molecule has 0 saturated carbocycles. The Balaban J connectivity index is 2.17. The van der Waals surface area contributed by atoms with Crippen molar-refractivity contribution < 1.29 is 36.5 Å². The first-order valence-corrected chi connectivity index (χ1v) is 9.03. The number of alkyl halides is 4. The Kier molecular flexibility index (Phi) is 4.60. The zero-order chi connectivity index (χ0) is 20.1. The number of hydrogen-bond donors (Lipinski definition) is 3. The number of aryl methyl sites for hydroxylation is 1. The molecule has 27 heavy (non-hydrogen) atoms. The van der Waals surface area contributed by atoms with Crippen molar-refractivity contribution in [2.24, 2.45) is 0 Å². The highest BCUT2D eigenvalue weighted by molar-refractivity contribution is 8.25. The van der Waals surface area contributed by atoms with Crippen molar-refractivity contribution in [3.63, 3.8) is 0 Å². The lowest BCUT2D eigenvalue weighted by Crippen LogP contribution is -2.26. The van der Waals surface area contributed by atoms with Crippen LogP contribution in [0.2, 0.25) is 0 Å². The van der Waals surface area contributed by atoms with E-state index in [9.17, 15) is 31.8 Å². The molecule has 0 saturated heterocycles. The van der Waals surface area contributed by atoms with Crippen LogP contribution in [0.3, 0.4) is 0 Å². The van der Waals surface area contributed by atoms with Crippen LogP contribution >= 0.6 is 10.6 Å². The third kappa shape index (κ3) is 2.93. The number of ether oxygens (including phenoxy) is 1. The van der Waals surface area contributed by atoms with E-state index in [1.165, 1.54) is 18.2 Å². The van der Waals surface area contributed by atoms with Gasteiger partial charge in [0.15, 0.2) is 6.10 Å². The number of benzene rings is 2. The number of rotatable bonds is 3. The first-order valence-electron chi connectivity index (χ1n) is 7.49. The van der Waals surface area contributed by atoms with E-state index in [2.05, 4.69) is 0 Å². The summed E-state index contributed by atoms with van der Waals surface area (Å²) in [5, 5.41) is 14.4. The molecule has 5 nitrogen and oxygen atoms in total. The normalized spacial score (nSPS) is 20.8. The van der Waals surface area contributed by atoms with Gasteiger partial charge in [0.05, 0.1) is 22.1 Å². The molecular formula is C17H13F4NO4S. The lowest BCUT2D eigenvalue weighted by atomic mass is 10.0. The summed E-state index contributed by atoms with van der Waals surface area (Å²) in [5.41, 5.74) is -1.21. The molecule has 0 aromatic heterocycles. The van der Waals surface area contributed by atoms with E-state index < -0.39 is 50.1 Å². The molecule has 3 rings (SSSR count). The van der Waals surface area contributed by atoms with Crippen molar-refractivity contribution in [2.75, 3.05) is 0 Å². The monoisotopic (exact) mass is 403 g/mol. The van der Waals surface area contributed by atoms with Crippen LogP contribution in [-0.4, -0.2) is 19.5 Å². The maximum atomic E-state index is 14.0. The van der Waals surface area contributed by atoms with Crippen LogP contribution in [0.15, 0.2) is 35.2 Å². The summed E-state index contributed by atoms with van der Waals surface area (Å²) in [5.74, 6) is -0.524. The van der Waals surface area contributed by atoms with E-state index in [4.69, 9.17) is 10.00 Å². The number of fused-ring (bicyclic) bond motifs is 1. The van der Waals surface area contributed by atoms with Crippen LogP contribution in [-0.2, 0) is 0 Å². The van der Waals surface area contributed by atoms with Crippen molar-refractivity contribution >= 4 is 10.6 Å². The van der Waals surface area contributed by atoms with E-state index in [1.54, 1.807) is 6.92 Å². The van der Waals surface area contributed by atoms with Crippen molar-refractivity contribution in [3.8, 4) is 17.6 Å². The zero-order valence-electron chi connectivity index (χ0n) is 13.7. The van der Waals surface area contributed by atoms with Gasteiger partial charge < -0.3 is 9.84 Å². The molecule has 0 bridgehead atoms. The molecule has 0 fully saturated rings. The lowest BCUT2D eigenvalue weighted by molar-refractivity contribution is -0.0448. The first-order chi connectivity index (χ1) is 12.5. The Bertz CT molecular complexity index is 959. The molecule has 2 aromatic rings. The summed E-state index contributed by atoms with van der Waals surface area (Å²) >= 11 is 0. The molecule has 1 heterocycles. The van der Waals surface area contributed by atoms with Gasteiger partial charge in [-0.05, 0) is 42.8 Å². The highest BCUT2D eigenvalue weighted by atomic mass is 32.3. The van der Waals surface area contributed by atoms with E-state index in [0.717, 1.165) is 12.1 Å². The SMILES string of the molecule is Cc1cc(C#N)cc(Oc2ccc3c(c2C(F)F)[C@@H](O)C(F)(F)S3(O)O)c1. The Morgan fingerprint density at radius 1 is 1.22 bits per heavy atom. The third-order valence-corrected chi connectivity index (χ3v) is 6.06. The summed E-state index contributed by atoms with van der Waals surface area (Å²) in [7, 11) is -4.81. The van der Waals surface area contributed by atoms with Gasteiger partial charge in [0.1, 0.15) is 11.5 Å². The molecule has 0 radical (unpaired) electrons. The van der Waals surface area contributed by atoms with Crippen molar-refractivity contribution in [1.29, 1.82) is 5.26 Å². The summed E-state index contributed by atoms with van der Waals surface area (Å²) < 4.78 is 80.2. The van der Waals surface area contributed by atoms with E-state index >= 15 is 0 Å². The molecule has 144 valence electrons. The molecule has 1 atom stereocenters. The van der Waals surface area contributed by atoms with E-state index in [1.807, 2.05) is 6.07 Å². The Hall–Kier alpha value is -2.32. The minimum absolute atomic E-state index is 0.0132. The maximum absolute atomic E-state index is 14.0. The number of halogens is 4. The van der Waals surface area contributed by atoms with Gasteiger partial charge >= 0.3 is 5.25 Å². The summed E-state index contributed by atoms with van der Waals surface area (Å²) in [6.45, 7) is 1.64. The van der Waals surface area contributed by atoms with Crippen LogP contribution in [0.4, 0.5) is 17.6 Å². The topological polar surface area (TPSA) is 93.7 Å². The van der Waals surface area contributed by atoms with Gasteiger partial charge in [-0.3, -0.25) is 9.11 Å². The number of nitrogens with zero attached hydrogens (tertiary/aromatic N) is 1. The summed E-state index contributed by atoms with van der Waals surface area (Å²) in [6, 6.07) is 7.84. The van der Waals surface area contributed by atoms with Gasteiger partial charge in [-0.1, -0.05) is 0 Å². The van der Waals surface area contributed by atoms with Gasteiger partial charge in [0.2, 0.25) is 0 Å². The Morgan fingerprint density at radius 3 is 2.48 bits per heavy atom. The van der Waals surface area contributed by atoms with Gasteiger partial charge in [-0.25, -0.2) is 8.78 Å². The minimum atomic E-state index is -4.81.